The lowest BCUT2D eigenvalue weighted by Gasteiger charge is -2.11. The molecule has 0 aromatic heterocycles. The van der Waals surface area contributed by atoms with Crippen molar-refractivity contribution in [3.05, 3.63) is 152 Å². The largest absolute Gasteiger partial charge is 0.399 e. The monoisotopic (exact) mass is 1510 g/mol. The van der Waals surface area contributed by atoms with Crippen LogP contribution in [0.5, 0.6) is 0 Å². The highest BCUT2D eigenvalue weighted by molar-refractivity contribution is 7.88. The molecule has 0 spiro atoms. The van der Waals surface area contributed by atoms with Gasteiger partial charge in [-0.3, -0.25) is 45.5 Å². The molecule has 0 bridgehead atoms. The van der Waals surface area contributed by atoms with Gasteiger partial charge < -0.3 is 28.7 Å². The summed E-state index contributed by atoms with van der Waals surface area (Å²) in [7, 11) is -46.1. The molecule has 0 amide bonds. The van der Waals surface area contributed by atoms with Crippen LogP contribution in [0, 0.1) is 0 Å². The van der Waals surface area contributed by atoms with Gasteiger partial charge in [-0.25, -0.2) is 0 Å². The van der Waals surface area contributed by atoms with E-state index in [0.717, 1.165) is 60.7 Å². The molecule has 10 rings (SSSR count). The first-order chi connectivity index (χ1) is 43.0. The summed E-state index contributed by atoms with van der Waals surface area (Å²) in [5.41, 5.74) is 28.2. The number of fused-ring (bicyclic) bond motifs is 5. The second kappa shape index (κ2) is 26.7. The first-order valence-corrected chi connectivity index (χ1v) is 38.8. The van der Waals surface area contributed by atoms with Crippen molar-refractivity contribution < 1.29 is 130 Å². The van der Waals surface area contributed by atoms with E-state index in [1.807, 2.05) is 0 Å². The summed E-state index contributed by atoms with van der Waals surface area (Å²) in [6.07, 6.45) is 0. The molecule has 0 saturated carbocycles. The minimum atomic E-state index is -5.00. The molecular formula is C50H45N5O30S10. The van der Waals surface area contributed by atoms with Crippen molar-refractivity contribution in [2.45, 2.75) is 49.0 Å². The fraction of sp³-hybridized carbons (Fsp3) is 0. The minimum absolute atomic E-state index is 0.0647. The zero-order valence-electron chi connectivity index (χ0n) is 46.5. The highest BCUT2D eigenvalue weighted by Crippen LogP contribution is 2.36. The fourth-order valence-corrected chi connectivity index (χ4v) is 15.0. The summed E-state index contributed by atoms with van der Waals surface area (Å²) in [6, 6.07) is 29.6. The standard InChI is InChI=1S/C10H9NO9S3.3C10H9NO6S2.C10H9NO3S/c11-5-1-7-8(9(2-5)22(15,16)17)3-6(21(12,13)14)4-10(7)23(18,19)20;11-9-4-6-1-2-8(18(12,13)14)3-7(6)5-10(9)19(15,16)17;11-7-2-1-6-3-8(18(12,13)14)5-10(9(6)4-7)19(15,16)17;11-9-3-4-10(19(15,16)17)7-2-1-6(5-8(7)9)18(12,13)14;11-9-5-6-10(15(12,13)14)8-4-2-1-3-7(8)9/h1-4H,11H2,(H,12,13,14)(H,15,16,17)(H,18,19,20);3*1-5H,11H2,(H,12,13,14)(H,15,16,17);1-6H,11H2,(H,12,13,14). The Hall–Kier alpha value is -8.40. The molecule has 0 saturated heterocycles. The van der Waals surface area contributed by atoms with Gasteiger partial charge in [-0.05, 0) is 125 Å². The highest BCUT2D eigenvalue weighted by atomic mass is 32.3. The molecule has 0 radical (unpaired) electrons. The van der Waals surface area contributed by atoms with E-state index in [0.29, 0.717) is 40.0 Å². The Morgan fingerprint density at radius 2 is 0.558 bits per heavy atom. The number of hydrogen-bond acceptors (Lipinski definition) is 25. The minimum Gasteiger partial charge on any atom is -0.399 e. The van der Waals surface area contributed by atoms with Crippen molar-refractivity contribution in [1.29, 1.82) is 0 Å². The van der Waals surface area contributed by atoms with E-state index in [1.54, 1.807) is 24.3 Å². The lowest BCUT2D eigenvalue weighted by molar-refractivity contribution is 0.477. The van der Waals surface area contributed by atoms with Crippen LogP contribution in [-0.2, 0) is 101 Å². The second-order valence-corrected chi connectivity index (χ2v) is 33.2. The molecule has 10 aromatic carbocycles. The maximum absolute atomic E-state index is 11.4. The summed E-state index contributed by atoms with van der Waals surface area (Å²) < 4.78 is 314. The Morgan fingerprint density at radius 3 is 1.03 bits per heavy atom. The van der Waals surface area contributed by atoms with Gasteiger partial charge >= 0.3 is 0 Å². The molecule has 0 unspecified atom stereocenters. The molecular weight excluding hydrogens is 1470 g/mol. The zero-order chi connectivity index (χ0) is 72.1. The Morgan fingerprint density at radius 1 is 0.200 bits per heavy atom. The maximum atomic E-state index is 11.4. The van der Waals surface area contributed by atoms with Gasteiger partial charge in [0, 0.05) is 60.5 Å². The molecule has 10 aromatic rings. The third-order valence-corrected chi connectivity index (χ3v) is 21.4. The average Bonchev–Trinajstić information content (AvgIpc) is 0.783. The lowest BCUT2D eigenvalue weighted by Crippen LogP contribution is -2.07. The van der Waals surface area contributed by atoms with Crippen molar-refractivity contribution in [2.24, 2.45) is 0 Å². The van der Waals surface area contributed by atoms with Crippen molar-refractivity contribution in [3.8, 4) is 0 Å². The first-order valence-electron chi connectivity index (χ1n) is 24.4. The Kier molecular flexibility index (Phi) is 21.2. The third kappa shape index (κ3) is 18.5. The molecule has 510 valence electrons. The van der Waals surface area contributed by atoms with Crippen LogP contribution in [0.25, 0.3) is 53.9 Å². The van der Waals surface area contributed by atoms with E-state index in [4.69, 9.17) is 65.1 Å². The molecule has 0 aliphatic rings. The van der Waals surface area contributed by atoms with E-state index < -0.39 is 151 Å². The van der Waals surface area contributed by atoms with E-state index in [2.05, 4.69) is 0 Å². The molecule has 0 heterocycles. The van der Waals surface area contributed by atoms with Crippen LogP contribution in [0.15, 0.2) is 201 Å². The number of rotatable bonds is 10. The number of hydrogen-bond donors (Lipinski definition) is 15. The van der Waals surface area contributed by atoms with Crippen LogP contribution in [0.3, 0.4) is 0 Å². The van der Waals surface area contributed by atoms with Crippen LogP contribution in [0.1, 0.15) is 0 Å². The smallest absolute Gasteiger partial charge is 0.296 e. The molecule has 0 aliphatic carbocycles. The molecule has 0 fully saturated rings. The van der Waals surface area contributed by atoms with Gasteiger partial charge in [0.1, 0.15) is 29.4 Å². The van der Waals surface area contributed by atoms with Gasteiger partial charge in [0.05, 0.1) is 25.3 Å². The van der Waals surface area contributed by atoms with Crippen molar-refractivity contribution in [2.75, 3.05) is 28.7 Å². The summed E-state index contributed by atoms with van der Waals surface area (Å²) in [5, 5.41) is 1.14. The average molecular weight is 1520 g/mol. The van der Waals surface area contributed by atoms with Crippen LogP contribution in [-0.4, -0.2) is 130 Å². The zero-order valence-corrected chi connectivity index (χ0v) is 54.7. The molecule has 0 atom stereocenters. The van der Waals surface area contributed by atoms with Gasteiger partial charge in [-0.2, -0.15) is 84.2 Å². The van der Waals surface area contributed by atoms with E-state index in [1.165, 1.54) is 48.5 Å². The number of nitrogens with two attached hydrogens (primary N) is 5. The molecule has 35 nitrogen and oxygen atoms in total. The quantitative estimate of drug-likeness (QED) is 0.0658. The highest BCUT2D eigenvalue weighted by Gasteiger charge is 2.27. The molecule has 95 heavy (non-hydrogen) atoms. The van der Waals surface area contributed by atoms with Crippen molar-refractivity contribution >= 4 is 183 Å². The van der Waals surface area contributed by atoms with Crippen LogP contribution in [0.4, 0.5) is 28.4 Å². The Labute approximate surface area is 538 Å². The number of benzene rings is 10. The molecule has 0 aliphatic heterocycles. The topological polar surface area (TPSA) is 674 Å². The van der Waals surface area contributed by atoms with Gasteiger partial charge in [0.2, 0.25) is 0 Å². The van der Waals surface area contributed by atoms with Gasteiger partial charge in [0.25, 0.3) is 101 Å². The Balaban J connectivity index is 0.000000189. The summed E-state index contributed by atoms with van der Waals surface area (Å²) in [4.78, 5) is -5.97. The first kappa shape index (κ1) is 75.6. The Bertz CT molecular complexity index is 6080. The second-order valence-electron chi connectivity index (χ2n) is 19.1. The van der Waals surface area contributed by atoms with Crippen molar-refractivity contribution in [1.82, 2.24) is 0 Å². The predicted molar refractivity (Wildman–Crippen MR) is 340 cm³/mol. The maximum Gasteiger partial charge on any atom is 0.296 e. The number of anilines is 5. The number of nitrogen functional groups attached to an aromatic ring is 5. The van der Waals surface area contributed by atoms with Crippen LogP contribution >= 0.6 is 0 Å². The SMILES string of the molecule is Nc1cc(S(=O)(=O)O)c2cc(S(=O)(=O)O)cc(S(=O)(=O)O)c2c1.Nc1cc2ccc(S(=O)(=O)O)cc2cc1S(=O)(=O)O.Nc1ccc(S(=O)(=O)O)c2ccc(S(=O)(=O)O)cc12.Nc1ccc(S(=O)(=O)O)c2ccccc12.Nc1ccc2cc(S(=O)(=O)O)cc(S(=O)(=O)O)c2c1. The summed E-state index contributed by atoms with van der Waals surface area (Å²) in [6.45, 7) is 0. The summed E-state index contributed by atoms with van der Waals surface area (Å²) in [5.74, 6) is 0. The van der Waals surface area contributed by atoms with E-state index in [9.17, 15) is 93.3 Å². The normalized spacial score (nSPS) is 12.7. The van der Waals surface area contributed by atoms with Gasteiger partial charge in [-0.1, -0.05) is 42.5 Å². The van der Waals surface area contributed by atoms with E-state index >= 15 is 0 Å². The third-order valence-electron chi connectivity index (χ3n) is 12.6. The lowest BCUT2D eigenvalue weighted by atomic mass is 10.1. The van der Waals surface area contributed by atoms with Crippen LogP contribution < -0.4 is 28.7 Å². The van der Waals surface area contributed by atoms with Gasteiger partial charge in [-0.15, -0.1) is 0 Å². The predicted octanol–water partition coefficient (Wildman–Crippen LogP) is 4.58. The van der Waals surface area contributed by atoms with Crippen molar-refractivity contribution in [3.63, 3.8) is 0 Å². The molecule has 45 heteroatoms. The summed E-state index contributed by atoms with van der Waals surface area (Å²) >= 11 is 0. The van der Waals surface area contributed by atoms with Crippen LogP contribution in [0.2, 0.25) is 0 Å². The fourth-order valence-electron chi connectivity index (χ4n) is 8.53. The van der Waals surface area contributed by atoms with E-state index in [-0.39, 0.29) is 59.5 Å². The molecule has 20 N–H and O–H groups in total. The van der Waals surface area contributed by atoms with Gasteiger partial charge in [0.15, 0.2) is 0 Å².